The van der Waals surface area contributed by atoms with Crippen molar-refractivity contribution in [1.82, 2.24) is 0 Å². The van der Waals surface area contributed by atoms with Crippen LogP contribution in [0.5, 0.6) is 11.5 Å². The Morgan fingerprint density at radius 3 is 2.38 bits per heavy atom. The summed E-state index contributed by atoms with van der Waals surface area (Å²) in [5.74, 6) is 1.23. The van der Waals surface area contributed by atoms with Crippen molar-refractivity contribution in [3.63, 3.8) is 0 Å². The van der Waals surface area contributed by atoms with Crippen LogP contribution in [-0.2, 0) is 11.2 Å². The smallest absolute Gasteiger partial charge is 0.228 e. The fourth-order valence-corrected chi connectivity index (χ4v) is 2.17. The molecule has 0 saturated carbocycles. The van der Waals surface area contributed by atoms with Crippen LogP contribution in [-0.4, -0.2) is 20.1 Å². The Morgan fingerprint density at radius 1 is 1.10 bits per heavy atom. The largest absolute Gasteiger partial charge is 0.497 e. The number of carbonyl (C=O) groups is 1. The molecule has 2 aromatic carbocycles. The Morgan fingerprint density at radius 2 is 1.81 bits per heavy atom. The molecule has 1 amide bonds. The maximum Gasteiger partial charge on any atom is 0.228 e. The first kappa shape index (κ1) is 15.2. The maximum absolute atomic E-state index is 12.0. The predicted molar refractivity (Wildman–Crippen MR) is 83.3 cm³/mol. The van der Waals surface area contributed by atoms with Crippen LogP contribution >= 0.6 is 11.6 Å². The van der Waals surface area contributed by atoms with E-state index in [1.807, 2.05) is 6.07 Å². The van der Waals surface area contributed by atoms with Crippen molar-refractivity contribution in [3.05, 3.63) is 53.1 Å². The summed E-state index contributed by atoms with van der Waals surface area (Å²) in [6.07, 6.45) is 0.246. The third-order valence-electron chi connectivity index (χ3n) is 2.95. The summed E-state index contributed by atoms with van der Waals surface area (Å²) in [6.45, 7) is 0. The molecule has 0 unspecified atom stereocenters. The van der Waals surface area contributed by atoms with Gasteiger partial charge < -0.3 is 14.8 Å². The highest BCUT2D eigenvalue weighted by Crippen LogP contribution is 2.25. The molecule has 0 radical (unpaired) electrons. The molecule has 1 N–H and O–H groups in total. The number of hydrogen-bond donors (Lipinski definition) is 1. The van der Waals surface area contributed by atoms with Gasteiger partial charge in [-0.2, -0.15) is 0 Å². The van der Waals surface area contributed by atoms with Crippen LogP contribution in [0.2, 0.25) is 5.02 Å². The summed E-state index contributed by atoms with van der Waals surface area (Å²) in [5.41, 5.74) is 1.55. The van der Waals surface area contributed by atoms with Gasteiger partial charge in [0.25, 0.3) is 0 Å². The van der Waals surface area contributed by atoms with E-state index in [2.05, 4.69) is 5.32 Å². The third kappa shape index (κ3) is 4.13. The monoisotopic (exact) mass is 305 g/mol. The molecule has 0 aromatic heterocycles. The van der Waals surface area contributed by atoms with Gasteiger partial charge in [0.15, 0.2) is 0 Å². The van der Waals surface area contributed by atoms with Gasteiger partial charge in [-0.3, -0.25) is 4.79 Å². The van der Waals surface area contributed by atoms with Crippen LogP contribution in [0.15, 0.2) is 42.5 Å². The third-order valence-corrected chi connectivity index (χ3v) is 3.25. The Labute approximate surface area is 128 Å². The Bertz CT molecular complexity index is 626. The molecule has 0 aliphatic rings. The quantitative estimate of drug-likeness (QED) is 0.919. The molecule has 2 aromatic rings. The zero-order valence-electron chi connectivity index (χ0n) is 11.9. The van der Waals surface area contributed by atoms with E-state index in [0.717, 1.165) is 17.0 Å². The van der Waals surface area contributed by atoms with Crippen LogP contribution < -0.4 is 14.8 Å². The molecule has 0 spiro atoms. The summed E-state index contributed by atoms with van der Waals surface area (Å²) in [7, 11) is 3.15. The maximum atomic E-state index is 12.0. The van der Waals surface area contributed by atoms with Crippen molar-refractivity contribution in [2.24, 2.45) is 0 Å². The average Bonchev–Trinajstić information content (AvgIpc) is 2.48. The van der Waals surface area contributed by atoms with Crippen LogP contribution in [0, 0.1) is 0 Å². The summed E-state index contributed by atoms with van der Waals surface area (Å²) >= 11 is 6.04. The first-order valence-corrected chi connectivity index (χ1v) is 6.76. The SMILES string of the molecule is COc1ccc(NC(=O)Cc2ccc(OC)c(Cl)c2)cc1. The standard InChI is InChI=1S/C16H16ClNO3/c1-20-13-6-4-12(5-7-13)18-16(19)10-11-3-8-15(21-2)14(17)9-11/h3-9H,10H2,1-2H3,(H,18,19). The van der Waals surface area contributed by atoms with Crippen molar-refractivity contribution in [1.29, 1.82) is 0 Å². The van der Waals surface area contributed by atoms with Crippen LogP contribution in [0.3, 0.4) is 0 Å². The molecule has 0 aliphatic heterocycles. The van der Waals surface area contributed by atoms with E-state index < -0.39 is 0 Å². The number of ether oxygens (including phenoxy) is 2. The second kappa shape index (κ2) is 6.99. The van der Waals surface area contributed by atoms with Gasteiger partial charge in [0, 0.05) is 5.69 Å². The molecule has 0 saturated heterocycles. The average molecular weight is 306 g/mol. The van der Waals surface area contributed by atoms with Gasteiger partial charge in [-0.05, 0) is 42.0 Å². The zero-order valence-corrected chi connectivity index (χ0v) is 12.6. The molecule has 0 fully saturated rings. The molecule has 4 nitrogen and oxygen atoms in total. The topological polar surface area (TPSA) is 47.6 Å². The highest BCUT2D eigenvalue weighted by atomic mass is 35.5. The number of carbonyl (C=O) groups excluding carboxylic acids is 1. The van der Waals surface area contributed by atoms with Gasteiger partial charge in [-0.1, -0.05) is 17.7 Å². The molecule has 0 atom stereocenters. The molecule has 21 heavy (non-hydrogen) atoms. The second-order valence-corrected chi connectivity index (χ2v) is 4.83. The number of rotatable bonds is 5. The van der Waals surface area contributed by atoms with E-state index in [-0.39, 0.29) is 12.3 Å². The fraction of sp³-hybridized carbons (Fsp3) is 0.188. The summed E-state index contributed by atoms with van der Waals surface area (Å²) in [4.78, 5) is 12.0. The predicted octanol–water partition coefficient (Wildman–Crippen LogP) is 3.54. The van der Waals surface area contributed by atoms with Gasteiger partial charge >= 0.3 is 0 Å². The minimum atomic E-state index is -0.110. The summed E-state index contributed by atoms with van der Waals surface area (Å²) in [6, 6.07) is 12.5. The Balaban J connectivity index is 1.99. The molecule has 110 valence electrons. The van der Waals surface area contributed by atoms with E-state index >= 15 is 0 Å². The van der Waals surface area contributed by atoms with Crippen LogP contribution in [0.25, 0.3) is 0 Å². The summed E-state index contributed by atoms with van der Waals surface area (Å²) < 4.78 is 10.1. The Hall–Kier alpha value is -2.20. The van der Waals surface area contributed by atoms with Gasteiger partial charge in [-0.15, -0.1) is 0 Å². The highest BCUT2D eigenvalue weighted by Gasteiger charge is 2.07. The summed E-state index contributed by atoms with van der Waals surface area (Å²) in [5, 5.41) is 3.31. The van der Waals surface area contributed by atoms with E-state index in [1.54, 1.807) is 50.6 Å². The lowest BCUT2D eigenvalue weighted by atomic mass is 10.1. The number of amides is 1. The fourth-order valence-electron chi connectivity index (χ4n) is 1.88. The lowest BCUT2D eigenvalue weighted by Crippen LogP contribution is -2.14. The van der Waals surface area contributed by atoms with E-state index in [0.29, 0.717) is 10.8 Å². The second-order valence-electron chi connectivity index (χ2n) is 4.42. The molecule has 0 bridgehead atoms. The van der Waals surface area contributed by atoms with Gasteiger partial charge in [0.1, 0.15) is 11.5 Å². The molecular weight excluding hydrogens is 290 g/mol. The number of nitrogens with one attached hydrogen (secondary N) is 1. The first-order valence-electron chi connectivity index (χ1n) is 6.38. The zero-order chi connectivity index (χ0) is 15.2. The number of methoxy groups -OCH3 is 2. The van der Waals surface area contributed by atoms with Gasteiger partial charge in [0.2, 0.25) is 5.91 Å². The van der Waals surface area contributed by atoms with Crippen molar-refractivity contribution in [2.75, 3.05) is 19.5 Å². The molecule has 2 rings (SSSR count). The molecular formula is C16H16ClNO3. The first-order chi connectivity index (χ1) is 10.1. The van der Waals surface area contributed by atoms with Crippen molar-refractivity contribution in [2.45, 2.75) is 6.42 Å². The lowest BCUT2D eigenvalue weighted by molar-refractivity contribution is -0.115. The van der Waals surface area contributed by atoms with Crippen molar-refractivity contribution >= 4 is 23.2 Å². The minimum Gasteiger partial charge on any atom is -0.497 e. The number of benzene rings is 2. The number of halogens is 1. The van der Waals surface area contributed by atoms with E-state index in [9.17, 15) is 4.79 Å². The number of anilines is 1. The minimum absolute atomic E-state index is 0.110. The molecule has 0 heterocycles. The highest BCUT2D eigenvalue weighted by molar-refractivity contribution is 6.32. The number of hydrogen-bond acceptors (Lipinski definition) is 3. The lowest BCUT2D eigenvalue weighted by Gasteiger charge is -2.08. The molecule has 0 aliphatic carbocycles. The van der Waals surface area contributed by atoms with E-state index in [1.165, 1.54) is 0 Å². The van der Waals surface area contributed by atoms with Gasteiger partial charge in [-0.25, -0.2) is 0 Å². The Kier molecular flexibility index (Phi) is 5.06. The van der Waals surface area contributed by atoms with Crippen LogP contribution in [0.4, 0.5) is 5.69 Å². The van der Waals surface area contributed by atoms with Crippen LogP contribution in [0.1, 0.15) is 5.56 Å². The van der Waals surface area contributed by atoms with Crippen molar-refractivity contribution < 1.29 is 14.3 Å². The van der Waals surface area contributed by atoms with Gasteiger partial charge in [0.05, 0.1) is 25.7 Å². The normalized spacial score (nSPS) is 10.0. The van der Waals surface area contributed by atoms with Crippen molar-refractivity contribution in [3.8, 4) is 11.5 Å². The molecule has 5 heteroatoms. The van der Waals surface area contributed by atoms with E-state index in [4.69, 9.17) is 21.1 Å².